The van der Waals surface area contributed by atoms with E-state index in [1.165, 1.54) is 6.92 Å². The molecule has 0 bridgehead atoms. The summed E-state index contributed by atoms with van der Waals surface area (Å²) in [6.07, 6.45) is 0. The second-order valence-electron chi connectivity index (χ2n) is 7.51. The SMILES string of the molecule is [2H]c1c([2H])c(C([2H])([2H])N2C([2H])([2H])C(C)(C)OC(C)(C([2H])([2H])[2H])C2([2H])[2H])c(F)c(C(C)(C)C)c1C. The van der Waals surface area contributed by atoms with Gasteiger partial charge in [-0.25, -0.2) is 4.39 Å². The van der Waals surface area contributed by atoms with E-state index in [0.717, 1.165) is 20.8 Å². The van der Waals surface area contributed by atoms with Crippen molar-refractivity contribution in [2.24, 2.45) is 0 Å². The largest absolute Gasteiger partial charge is 0.367 e. The van der Waals surface area contributed by atoms with Crippen LogP contribution in [0.1, 0.15) is 80.2 Å². The minimum atomic E-state index is -3.40. The number of nitrogens with zero attached hydrogens (tertiary/aromatic N) is 1. The van der Waals surface area contributed by atoms with Crippen molar-refractivity contribution in [1.29, 1.82) is 0 Å². The van der Waals surface area contributed by atoms with Crippen molar-refractivity contribution in [3.05, 3.63) is 34.6 Å². The minimum absolute atomic E-state index is 0.0144. The Kier molecular flexibility index (Phi) is 2.15. The second kappa shape index (κ2) is 5.86. The van der Waals surface area contributed by atoms with Crippen LogP contribution in [-0.2, 0) is 16.6 Å². The van der Waals surface area contributed by atoms with Gasteiger partial charge in [-0.2, -0.15) is 0 Å². The lowest BCUT2D eigenvalue weighted by atomic mass is 9.82. The lowest BCUT2D eigenvalue weighted by Crippen LogP contribution is -2.56. The first kappa shape index (κ1) is 8.44. The van der Waals surface area contributed by atoms with Crippen LogP contribution in [0, 0.1) is 12.7 Å². The molecule has 1 atom stereocenters. The van der Waals surface area contributed by atoms with E-state index in [4.69, 9.17) is 19.8 Å². The highest BCUT2D eigenvalue weighted by Gasteiger charge is 2.38. The topological polar surface area (TPSA) is 12.5 Å². The van der Waals surface area contributed by atoms with Crippen LogP contribution < -0.4 is 0 Å². The average Bonchev–Trinajstić information content (AvgIpc) is 2.54. The van der Waals surface area contributed by atoms with Gasteiger partial charge in [0, 0.05) is 37.4 Å². The van der Waals surface area contributed by atoms with Gasteiger partial charge < -0.3 is 4.74 Å². The lowest BCUT2D eigenvalue weighted by molar-refractivity contribution is -0.182. The molecule has 0 aliphatic carbocycles. The first-order valence-corrected chi connectivity index (χ1v) is 7.52. The fourth-order valence-corrected chi connectivity index (χ4v) is 2.77. The zero-order valence-corrected chi connectivity index (χ0v) is 14.7. The summed E-state index contributed by atoms with van der Waals surface area (Å²) in [6.45, 7) is -3.44. The van der Waals surface area contributed by atoms with Gasteiger partial charge in [-0.3, -0.25) is 4.90 Å². The Hall–Kier alpha value is -0.930. The number of hydrogen-bond acceptors (Lipinski definition) is 2. The summed E-state index contributed by atoms with van der Waals surface area (Å²) in [7, 11) is 0. The van der Waals surface area contributed by atoms with Gasteiger partial charge in [0.2, 0.25) is 0 Å². The number of ether oxygens (including phenoxy) is 1. The molecule has 1 heterocycles. The van der Waals surface area contributed by atoms with Crippen molar-refractivity contribution in [1.82, 2.24) is 4.90 Å². The Balaban J connectivity index is 3.05. The Morgan fingerprint density at radius 2 is 1.96 bits per heavy atom. The van der Waals surface area contributed by atoms with Crippen LogP contribution in [0.25, 0.3) is 0 Å². The molecule has 0 N–H and O–H groups in total. The maximum atomic E-state index is 16.0. The van der Waals surface area contributed by atoms with Crippen molar-refractivity contribution >= 4 is 0 Å². The molecule has 1 aromatic carbocycles. The number of benzene rings is 1. The van der Waals surface area contributed by atoms with Crippen LogP contribution in [0.4, 0.5) is 4.39 Å². The molecule has 0 amide bonds. The molecule has 3 heteroatoms. The van der Waals surface area contributed by atoms with Crippen LogP contribution in [0.3, 0.4) is 0 Å². The molecule has 2 nitrogen and oxygen atoms in total. The van der Waals surface area contributed by atoms with Gasteiger partial charge in [0.25, 0.3) is 0 Å². The van der Waals surface area contributed by atoms with Crippen molar-refractivity contribution in [2.75, 3.05) is 13.0 Å². The Labute approximate surface area is 156 Å². The van der Waals surface area contributed by atoms with Crippen molar-refractivity contribution < 1.29 is 24.2 Å². The summed E-state index contributed by atoms with van der Waals surface area (Å²) in [5.41, 5.74) is -6.74. The first-order chi connectivity index (χ1) is 14.7. The lowest BCUT2D eigenvalue weighted by Gasteiger charge is -2.47. The molecule has 0 aromatic heterocycles. The average molecular weight is 333 g/mol. The molecular weight excluding hydrogens is 289 g/mol. The van der Waals surface area contributed by atoms with Crippen LogP contribution in [0.2, 0.25) is 0 Å². The smallest absolute Gasteiger partial charge is 0.131 e. The number of rotatable bonds is 2. The first-order valence-electron chi connectivity index (χ1n) is 13.0. The van der Waals surface area contributed by atoms with Crippen LogP contribution in [-0.4, -0.2) is 29.1 Å². The Morgan fingerprint density at radius 3 is 2.52 bits per heavy atom. The highest BCUT2D eigenvalue weighted by molar-refractivity contribution is 5.37. The summed E-state index contributed by atoms with van der Waals surface area (Å²) in [5, 5.41) is 0. The molecule has 0 radical (unpaired) electrons. The molecule has 1 aromatic rings. The second-order valence-corrected chi connectivity index (χ2v) is 7.51. The molecule has 130 valence electrons. The fourth-order valence-electron chi connectivity index (χ4n) is 2.77. The Morgan fingerprint density at radius 1 is 1.35 bits per heavy atom. The van der Waals surface area contributed by atoms with Gasteiger partial charge in [-0.05, 0) is 51.1 Å². The summed E-state index contributed by atoms with van der Waals surface area (Å²) < 4.78 is 114. The van der Waals surface area contributed by atoms with E-state index in [0.29, 0.717) is 0 Å². The van der Waals surface area contributed by atoms with Crippen molar-refractivity contribution in [3.8, 4) is 0 Å². The number of hydrogen-bond donors (Lipinski definition) is 0. The van der Waals surface area contributed by atoms with E-state index in [9.17, 15) is 0 Å². The molecule has 23 heavy (non-hydrogen) atoms. The quantitative estimate of drug-likeness (QED) is 0.770. The molecule has 0 saturated carbocycles. The van der Waals surface area contributed by atoms with E-state index in [-0.39, 0.29) is 16.0 Å². The third kappa shape index (κ3) is 4.33. The summed E-state index contributed by atoms with van der Waals surface area (Å²) in [6, 6.07) is -1.36. The monoisotopic (exact) mass is 332 g/mol. The molecule has 0 spiro atoms. The van der Waals surface area contributed by atoms with E-state index in [1.807, 2.05) is 0 Å². The molecule has 1 fully saturated rings. The summed E-state index contributed by atoms with van der Waals surface area (Å²) in [4.78, 5) is 0.0144. The highest BCUT2D eigenvalue weighted by atomic mass is 19.1. The maximum Gasteiger partial charge on any atom is 0.131 e. The van der Waals surface area contributed by atoms with Gasteiger partial charge in [-0.1, -0.05) is 32.9 Å². The number of halogens is 1. The molecule has 1 aliphatic heterocycles. The summed E-state index contributed by atoms with van der Waals surface area (Å²) >= 11 is 0. The van der Waals surface area contributed by atoms with Gasteiger partial charge in [0.05, 0.1) is 13.9 Å². The van der Waals surface area contributed by atoms with Crippen LogP contribution in [0.15, 0.2) is 12.1 Å². The molecule has 1 unspecified atom stereocenters. The summed E-state index contributed by atoms with van der Waals surface area (Å²) in [5.74, 6) is -1.21. The van der Waals surface area contributed by atoms with Gasteiger partial charge in [-0.15, -0.1) is 0 Å². The van der Waals surface area contributed by atoms with Gasteiger partial charge in [0.15, 0.2) is 0 Å². The Bertz CT molecular complexity index is 998. The fraction of sp³-hybridized carbons (Fsp3) is 0.700. The predicted molar refractivity (Wildman–Crippen MR) is 94.4 cm³/mol. The van der Waals surface area contributed by atoms with Gasteiger partial charge in [0.1, 0.15) is 5.82 Å². The van der Waals surface area contributed by atoms with Crippen molar-refractivity contribution in [3.63, 3.8) is 0 Å². The van der Waals surface area contributed by atoms with E-state index < -0.39 is 66.4 Å². The predicted octanol–water partition coefficient (Wildman–Crippen LogP) is 4.82. The molecule has 2 rings (SSSR count). The van der Waals surface area contributed by atoms with E-state index >= 15 is 4.39 Å². The van der Waals surface area contributed by atoms with Crippen LogP contribution in [0.5, 0.6) is 0 Å². The maximum absolute atomic E-state index is 16.0. The zero-order valence-electron chi connectivity index (χ0n) is 25.7. The standard InChI is InChI=1S/C20H32FNO/c1-14-9-10-15(17(21)16(14)18(2,3)4)11-22-12-19(5,6)23-20(7,8)13-22/h9-10H,11-13H2,1-8H3/i5D3,9D,10D,11D2,12D2,13D2. The molecule has 1 aliphatic rings. The minimum Gasteiger partial charge on any atom is -0.367 e. The number of morpholine rings is 1. The van der Waals surface area contributed by atoms with Crippen molar-refractivity contribution in [2.45, 2.75) is 78.4 Å². The van der Waals surface area contributed by atoms with Gasteiger partial charge >= 0.3 is 0 Å². The molecule has 1 saturated heterocycles. The third-order valence-electron chi connectivity index (χ3n) is 3.33. The zero-order chi connectivity index (χ0) is 27.2. The highest BCUT2D eigenvalue weighted by Crippen LogP contribution is 2.33. The van der Waals surface area contributed by atoms with E-state index in [1.54, 1.807) is 20.8 Å². The third-order valence-corrected chi connectivity index (χ3v) is 3.33. The van der Waals surface area contributed by atoms with E-state index in [2.05, 4.69) is 0 Å². The molecular formula is C20H32FNO. The van der Waals surface area contributed by atoms with Crippen LogP contribution >= 0.6 is 0 Å². The normalized spacial score (nSPS) is 38.2.